The molecule has 1 aliphatic rings. The summed E-state index contributed by atoms with van der Waals surface area (Å²) >= 11 is 0. The lowest BCUT2D eigenvalue weighted by Crippen LogP contribution is -2.45. The Bertz CT molecular complexity index is 664. The fourth-order valence-corrected chi connectivity index (χ4v) is 2.89. The summed E-state index contributed by atoms with van der Waals surface area (Å²) in [6, 6.07) is 7.08. The molecule has 1 aromatic carbocycles. The Morgan fingerprint density at radius 1 is 1.32 bits per heavy atom. The van der Waals surface area contributed by atoms with E-state index in [-0.39, 0.29) is 6.04 Å². The number of amides is 1. The van der Waals surface area contributed by atoms with Crippen molar-refractivity contribution < 1.29 is 22.7 Å². The third-order valence-electron chi connectivity index (χ3n) is 4.17. The summed E-state index contributed by atoms with van der Waals surface area (Å²) in [5.41, 5.74) is 1.54. The molecule has 0 aromatic heterocycles. The van der Waals surface area contributed by atoms with E-state index in [4.69, 9.17) is 0 Å². The number of rotatable bonds is 6. The zero-order valence-electron chi connectivity index (χ0n) is 16.0. The highest BCUT2D eigenvalue weighted by molar-refractivity contribution is 5.84. The average Bonchev–Trinajstić information content (AvgIpc) is 3.06. The molecule has 0 aliphatic carbocycles. The second kappa shape index (κ2) is 10.2. The molecule has 0 radical (unpaired) electrons. The number of halogens is 3. The third-order valence-corrected chi connectivity index (χ3v) is 4.17. The van der Waals surface area contributed by atoms with E-state index < -0.39 is 18.8 Å². The molecule has 0 spiro atoms. The van der Waals surface area contributed by atoms with Gasteiger partial charge in [-0.3, -0.25) is 10.2 Å². The molecule has 7 nitrogen and oxygen atoms in total. The fourth-order valence-electron chi connectivity index (χ4n) is 2.89. The molecule has 1 saturated heterocycles. The smallest absolute Gasteiger partial charge is 0.411 e. The number of ether oxygens (including phenoxy) is 1. The van der Waals surface area contributed by atoms with Gasteiger partial charge in [0.2, 0.25) is 0 Å². The maximum atomic E-state index is 12.5. The topological polar surface area (TPSA) is 78.0 Å². The molecule has 0 saturated carbocycles. The first kappa shape index (κ1) is 21.8. The molecule has 0 bridgehead atoms. The van der Waals surface area contributed by atoms with Crippen LogP contribution in [-0.2, 0) is 11.3 Å². The van der Waals surface area contributed by atoms with Gasteiger partial charge in [-0.25, -0.2) is 9.79 Å². The van der Waals surface area contributed by atoms with Gasteiger partial charge in [0.1, 0.15) is 0 Å². The molecule has 3 N–H and O–H groups in total. The number of hydrogen-bond acceptors (Lipinski definition) is 4. The Balaban J connectivity index is 1.89. The summed E-state index contributed by atoms with van der Waals surface area (Å²) in [5, 5.41) is 8.88. The number of carbonyl (C=O) groups is 1. The molecule has 1 unspecified atom stereocenters. The Morgan fingerprint density at radius 3 is 2.64 bits per heavy atom. The normalized spacial score (nSPS) is 18.0. The molecule has 2 rings (SSSR count). The lowest BCUT2D eigenvalue weighted by atomic mass is 10.2. The number of alkyl halides is 3. The van der Waals surface area contributed by atoms with Crippen LogP contribution in [0.25, 0.3) is 0 Å². The lowest BCUT2D eigenvalue weighted by molar-refractivity contribution is -0.143. The van der Waals surface area contributed by atoms with Gasteiger partial charge < -0.3 is 15.4 Å². The van der Waals surface area contributed by atoms with Crippen LogP contribution in [-0.4, -0.2) is 62.5 Å². The quantitative estimate of drug-likeness (QED) is 0.505. The minimum Gasteiger partial charge on any atom is -0.453 e. The minimum atomic E-state index is -4.18. The highest BCUT2D eigenvalue weighted by Crippen LogP contribution is 2.20. The van der Waals surface area contributed by atoms with Crippen LogP contribution in [0.15, 0.2) is 29.3 Å². The van der Waals surface area contributed by atoms with Gasteiger partial charge in [-0.2, -0.15) is 13.2 Å². The summed E-state index contributed by atoms with van der Waals surface area (Å²) in [4.78, 5) is 17.1. The fraction of sp³-hybridized carbons (Fsp3) is 0.556. The van der Waals surface area contributed by atoms with Gasteiger partial charge in [0.05, 0.1) is 20.2 Å². The van der Waals surface area contributed by atoms with E-state index in [0.717, 1.165) is 5.56 Å². The van der Waals surface area contributed by atoms with Crippen LogP contribution in [0.1, 0.15) is 18.9 Å². The van der Waals surface area contributed by atoms with E-state index in [1.54, 1.807) is 12.1 Å². The zero-order valence-corrected chi connectivity index (χ0v) is 16.0. The first-order chi connectivity index (χ1) is 13.3. The predicted molar refractivity (Wildman–Crippen MR) is 101 cm³/mol. The highest BCUT2D eigenvalue weighted by atomic mass is 19.4. The molecule has 10 heteroatoms. The summed E-state index contributed by atoms with van der Waals surface area (Å²) in [6.07, 6.45) is -4.09. The number of benzene rings is 1. The van der Waals surface area contributed by atoms with E-state index in [0.29, 0.717) is 44.2 Å². The largest absolute Gasteiger partial charge is 0.453 e. The van der Waals surface area contributed by atoms with Crippen molar-refractivity contribution in [3.8, 4) is 0 Å². The Kier molecular flexibility index (Phi) is 7.91. The molecule has 1 aromatic rings. The average molecular weight is 401 g/mol. The summed E-state index contributed by atoms with van der Waals surface area (Å²) in [7, 11) is 1.29. The monoisotopic (exact) mass is 401 g/mol. The molecule has 1 atom stereocenters. The maximum Gasteiger partial charge on any atom is 0.411 e. The van der Waals surface area contributed by atoms with Crippen molar-refractivity contribution in [2.45, 2.75) is 32.1 Å². The van der Waals surface area contributed by atoms with Crippen LogP contribution in [0.3, 0.4) is 0 Å². The van der Waals surface area contributed by atoms with E-state index >= 15 is 0 Å². The van der Waals surface area contributed by atoms with Gasteiger partial charge >= 0.3 is 12.3 Å². The van der Waals surface area contributed by atoms with Gasteiger partial charge in [0.25, 0.3) is 0 Å². The number of hydrogen-bond donors (Lipinski definition) is 3. The Morgan fingerprint density at radius 2 is 2.04 bits per heavy atom. The van der Waals surface area contributed by atoms with E-state index in [9.17, 15) is 18.0 Å². The van der Waals surface area contributed by atoms with Gasteiger partial charge in [-0.1, -0.05) is 12.1 Å². The predicted octanol–water partition coefficient (Wildman–Crippen LogP) is 2.56. The number of likely N-dealkylation sites (tertiary alicyclic amines) is 1. The lowest BCUT2D eigenvalue weighted by Gasteiger charge is -2.19. The molecule has 1 fully saturated rings. The van der Waals surface area contributed by atoms with Crippen molar-refractivity contribution in [3.05, 3.63) is 29.8 Å². The highest BCUT2D eigenvalue weighted by Gasteiger charge is 2.34. The minimum absolute atomic E-state index is 0.0771. The second-order valence-electron chi connectivity index (χ2n) is 6.49. The molecule has 1 heterocycles. The van der Waals surface area contributed by atoms with Crippen molar-refractivity contribution in [1.29, 1.82) is 0 Å². The second-order valence-corrected chi connectivity index (χ2v) is 6.49. The SMILES string of the molecule is CCNC(=NCc1ccc(NC(=O)OC)cc1)NC1CCN(CC(F)(F)F)C1. The van der Waals surface area contributed by atoms with Crippen LogP contribution in [0.2, 0.25) is 0 Å². The van der Waals surface area contributed by atoms with Gasteiger partial charge in [0, 0.05) is 31.4 Å². The first-order valence-corrected chi connectivity index (χ1v) is 9.07. The van der Waals surface area contributed by atoms with Crippen molar-refractivity contribution in [2.24, 2.45) is 4.99 Å². The third kappa shape index (κ3) is 7.63. The maximum absolute atomic E-state index is 12.5. The molecule has 1 aliphatic heterocycles. The first-order valence-electron chi connectivity index (χ1n) is 9.07. The van der Waals surface area contributed by atoms with Crippen molar-refractivity contribution in [2.75, 3.05) is 38.6 Å². The molecule has 1 amide bonds. The number of nitrogens with one attached hydrogen (secondary N) is 3. The number of anilines is 1. The number of aliphatic imine (C=N–C) groups is 1. The number of nitrogens with zero attached hydrogens (tertiary/aromatic N) is 2. The van der Waals surface area contributed by atoms with Crippen molar-refractivity contribution in [3.63, 3.8) is 0 Å². The van der Waals surface area contributed by atoms with Gasteiger partial charge in [0.15, 0.2) is 5.96 Å². The van der Waals surface area contributed by atoms with Crippen molar-refractivity contribution >= 4 is 17.7 Å². The zero-order chi connectivity index (χ0) is 20.6. The van der Waals surface area contributed by atoms with E-state index in [1.165, 1.54) is 12.0 Å². The van der Waals surface area contributed by atoms with Gasteiger partial charge in [-0.15, -0.1) is 0 Å². The van der Waals surface area contributed by atoms with E-state index in [2.05, 4.69) is 25.7 Å². The summed E-state index contributed by atoms with van der Waals surface area (Å²) in [6.45, 7) is 2.82. The van der Waals surface area contributed by atoms with Crippen LogP contribution >= 0.6 is 0 Å². The molecule has 28 heavy (non-hydrogen) atoms. The number of methoxy groups -OCH3 is 1. The van der Waals surface area contributed by atoms with Crippen LogP contribution < -0.4 is 16.0 Å². The van der Waals surface area contributed by atoms with Crippen LogP contribution in [0, 0.1) is 0 Å². The Hall–Kier alpha value is -2.49. The summed E-state index contributed by atoms with van der Waals surface area (Å²) in [5.74, 6) is 0.568. The van der Waals surface area contributed by atoms with E-state index in [1.807, 2.05) is 19.1 Å². The molecule has 156 valence electrons. The van der Waals surface area contributed by atoms with Gasteiger partial charge in [-0.05, 0) is 31.0 Å². The Labute approximate surface area is 162 Å². The number of guanidine groups is 1. The standard InChI is InChI=1S/C18H26F3N5O2/c1-3-22-16(24-15-8-9-26(11-15)12-18(19,20)21)23-10-13-4-6-14(7-5-13)25-17(27)28-2/h4-7,15H,3,8-12H2,1-2H3,(H,25,27)(H2,22,23,24). The number of carbonyl (C=O) groups excluding carboxylic acids is 1. The molecular weight excluding hydrogens is 375 g/mol. The molecular formula is C18H26F3N5O2. The van der Waals surface area contributed by atoms with Crippen LogP contribution in [0.5, 0.6) is 0 Å². The van der Waals surface area contributed by atoms with Crippen LogP contribution in [0.4, 0.5) is 23.7 Å². The van der Waals surface area contributed by atoms with Crippen molar-refractivity contribution in [1.82, 2.24) is 15.5 Å². The summed E-state index contributed by atoms with van der Waals surface area (Å²) < 4.78 is 42.1.